The van der Waals surface area contributed by atoms with E-state index < -0.39 is 0 Å². The normalized spacial score (nSPS) is 32.3. The maximum absolute atomic E-state index is 12.4. The first-order chi connectivity index (χ1) is 10.2. The van der Waals surface area contributed by atoms with Crippen LogP contribution in [0.4, 0.5) is 0 Å². The Labute approximate surface area is 126 Å². The molecule has 0 aromatic heterocycles. The van der Waals surface area contributed by atoms with Crippen LogP contribution >= 0.6 is 0 Å². The topological polar surface area (TPSA) is 35.5 Å². The third-order valence-corrected chi connectivity index (χ3v) is 5.13. The molecule has 3 heteroatoms. The van der Waals surface area contributed by atoms with Gasteiger partial charge in [0.2, 0.25) is 0 Å². The highest BCUT2D eigenvalue weighted by atomic mass is 16.5. The van der Waals surface area contributed by atoms with Crippen molar-refractivity contribution < 1.29 is 14.3 Å². The van der Waals surface area contributed by atoms with E-state index in [1.165, 1.54) is 18.2 Å². The molecule has 21 heavy (non-hydrogen) atoms. The van der Waals surface area contributed by atoms with E-state index in [1.807, 2.05) is 0 Å². The number of fused-ring (bicyclic) bond motifs is 5. The Morgan fingerprint density at radius 3 is 2.48 bits per heavy atom. The summed E-state index contributed by atoms with van der Waals surface area (Å²) in [5.74, 6) is 0.406. The highest BCUT2D eigenvalue weighted by Gasteiger charge is 2.41. The summed E-state index contributed by atoms with van der Waals surface area (Å²) >= 11 is 0. The maximum Gasteiger partial charge on any atom is 0.309 e. The van der Waals surface area contributed by atoms with Crippen LogP contribution in [-0.4, -0.2) is 25.8 Å². The second-order valence-electron chi connectivity index (χ2n) is 6.44. The lowest BCUT2D eigenvalue weighted by Crippen LogP contribution is -2.40. The van der Waals surface area contributed by atoms with E-state index in [1.54, 1.807) is 0 Å². The van der Waals surface area contributed by atoms with Crippen molar-refractivity contribution in [2.45, 2.75) is 44.6 Å². The number of rotatable bonds is 2. The maximum atomic E-state index is 12.4. The third kappa shape index (κ3) is 2.98. The van der Waals surface area contributed by atoms with Crippen LogP contribution in [0.3, 0.4) is 0 Å². The minimum atomic E-state index is -0.0745. The fourth-order valence-electron chi connectivity index (χ4n) is 3.89. The Morgan fingerprint density at radius 2 is 1.86 bits per heavy atom. The third-order valence-electron chi connectivity index (χ3n) is 5.13. The van der Waals surface area contributed by atoms with E-state index >= 15 is 0 Å². The fourth-order valence-corrected chi connectivity index (χ4v) is 3.89. The van der Waals surface area contributed by atoms with Gasteiger partial charge < -0.3 is 9.47 Å². The Bertz CT molecular complexity index is 486. The molecule has 4 unspecified atom stereocenters. The Hall–Kier alpha value is -1.35. The van der Waals surface area contributed by atoms with Crippen LogP contribution in [0.1, 0.15) is 42.7 Å². The molecule has 0 amide bonds. The molecule has 114 valence electrons. The highest BCUT2D eigenvalue weighted by Crippen LogP contribution is 2.43. The van der Waals surface area contributed by atoms with Crippen LogP contribution in [0.5, 0.6) is 0 Å². The molecule has 1 aromatic carbocycles. The second kappa shape index (κ2) is 6.18. The van der Waals surface area contributed by atoms with Crippen LogP contribution in [0.2, 0.25) is 0 Å². The van der Waals surface area contributed by atoms with Gasteiger partial charge in [0.05, 0.1) is 25.7 Å². The monoisotopic (exact) mass is 288 g/mol. The average Bonchev–Trinajstić information content (AvgIpc) is 2.49. The quantitative estimate of drug-likeness (QED) is 0.782. The molecule has 4 atom stereocenters. The molecule has 3 nitrogen and oxygen atoms in total. The van der Waals surface area contributed by atoms with Crippen molar-refractivity contribution in [2.24, 2.45) is 11.8 Å². The number of carbonyl (C=O) groups excluding carboxylic acids is 1. The molecule has 1 aromatic rings. The zero-order valence-corrected chi connectivity index (χ0v) is 12.9. The molecule has 0 spiro atoms. The van der Waals surface area contributed by atoms with Gasteiger partial charge in [-0.15, -0.1) is 0 Å². The van der Waals surface area contributed by atoms with Crippen LogP contribution in [-0.2, 0) is 14.3 Å². The number of carbonyl (C=O) groups is 1. The summed E-state index contributed by atoms with van der Waals surface area (Å²) in [5.41, 5.74) is 2.52. The van der Waals surface area contributed by atoms with Crippen LogP contribution < -0.4 is 0 Å². The fraction of sp³-hybridized carbons (Fsp3) is 0.611. The van der Waals surface area contributed by atoms with Crippen molar-refractivity contribution in [1.29, 1.82) is 0 Å². The molecule has 2 bridgehead atoms. The van der Waals surface area contributed by atoms with Crippen molar-refractivity contribution in [3.05, 3.63) is 35.4 Å². The number of ether oxygens (including phenoxy) is 2. The molecule has 0 radical (unpaired) electrons. The predicted octanol–water partition coefficient (Wildman–Crippen LogP) is 3.46. The van der Waals surface area contributed by atoms with Gasteiger partial charge in [-0.1, -0.05) is 29.8 Å². The van der Waals surface area contributed by atoms with E-state index in [-0.39, 0.29) is 17.8 Å². The Morgan fingerprint density at radius 1 is 1.14 bits per heavy atom. The van der Waals surface area contributed by atoms with Gasteiger partial charge in [0, 0.05) is 0 Å². The van der Waals surface area contributed by atoms with Crippen molar-refractivity contribution in [3.8, 4) is 0 Å². The summed E-state index contributed by atoms with van der Waals surface area (Å²) in [6.07, 6.45) is 4.58. The van der Waals surface area contributed by atoms with Crippen molar-refractivity contribution in [3.63, 3.8) is 0 Å². The zero-order chi connectivity index (χ0) is 14.8. The second-order valence-corrected chi connectivity index (χ2v) is 6.44. The first-order valence-corrected chi connectivity index (χ1v) is 7.95. The molecule has 2 saturated heterocycles. The summed E-state index contributed by atoms with van der Waals surface area (Å²) in [7, 11) is 1.50. The van der Waals surface area contributed by atoms with Crippen molar-refractivity contribution in [1.82, 2.24) is 0 Å². The van der Waals surface area contributed by atoms with Gasteiger partial charge >= 0.3 is 5.97 Å². The van der Waals surface area contributed by atoms with E-state index in [0.29, 0.717) is 18.6 Å². The van der Waals surface area contributed by atoms with Crippen molar-refractivity contribution in [2.75, 3.05) is 13.7 Å². The lowest BCUT2D eigenvalue weighted by atomic mass is 9.70. The summed E-state index contributed by atoms with van der Waals surface area (Å²) in [4.78, 5) is 12.4. The summed E-state index contributed by atoms with van der Waals surface area (Å²) in [6.45, 7) is 2.79. The first-order valence-electron chi connectivity index (χ1n) is 7.95. The Kier molecular flexibility index (Phi) is 4.29. The molecule has 1 saturated carbocycles. The van der Waals surface area contributed by atoms with Gasteiger partial charge in [-0.2, -0.15) is 0 Å². The predicted molar refractivity (Wildman–Crippen MR) is 81.1 cm³/mol. The zero-order valence-electron chi connectivity index (χ0n) is 12.9. The van der Waals surface area contributed by atoms with Gasteiger partial charge in [0.1, 0.15) is 0 Å². The number of benzene rings is 1. The van der Waals surface area contributed by atoms with Gasteiger partial charge in [-0.3, -0.25) is 4.79 Å². The standard InChI is InChI=1S/C18H24O3/c1-12-3-5-13(6-4-12)16-10-9-15-8-7-14(11-21-15)17(16)18(19)20-2/h3-6,14-17H,7-11H2,1-2H3. The van der Waals surface area contributed by atoms with Gasteiger partial charge in [-0.05, 0) is 50.0 Å². The lowest BCUT2D eigenvalue weighted by Gasteiger charge is -2.40. The van der Waals surface area contributed by atoms with Crippen LogP contribution in [0.25, 0.3) is 0 Å². The first kappa shape index (κ1) is 14.6. The molecule has 0 N–H and O–H groups in total. The molecule has 4 rings (SSSR count). The number of hydrogen-bond acceptors (Lipinski definition) is 3. The molecule has 3 fully saturated rings. The molecule has 3 aliphatic rings. The largest absolute Gasteiger partial charge is 0.469 e. The number of hydrogen-bond donors (Lipinski definition) is 0. The summed E-state index contributed by atoms with van der Waals surface area (Å²) in [5, 5.41) is 0. The molecule has 2 heterocycles. The van der Waals surface area contributed by atoms with Gasteiger partial charge in [0.15, 0.2) is 0 Å². The summed E-state index contributed by atoms with van der Waals surface area (Å²) in [6, 6.07) is 8.62. The van der Waals surface area contributed by atoms with Crippen LogP contribution in [0, 0.1) is 18.8 Å². The molecular weight excluding hydrogens is 264 g/mol. The average molecular weight is 288 g/mol. The molecular formula is C18H24O3. The van der Waals surface area contributed by atoms with Gasteiger partial charge in [0.25, 0.3) is 0 Å². The van der Waals surface area contributed by atoms with E-state index in [9.17, 15) is 4.79 Å². The van der Waals surface area contributed by atoms with Gasteiger partial charge in [-0.25, -0.2) is 0 Å². The smallest absolute Gasteiger partial charge is 0.309 e. The Balaban J connectivity index is 1.93. The number of aryl methyl sites for hydroxylation is 1. The minimum Gasteiger partial charge on any atom is -0.469 e. The van der Waals surface area contributed by atoms with Crippen molar-refractivity contribution >= 4 is 5.97 Å². The van der Waals surface area contributed by atoms with Crippen LogP contribution in [0.15, 0.2) is 24.3 Å². The SMILES string of the molecule is COC(=O)C1C2CCC(CCC1c1ccc(C)cc1)OC2. The molecule has 1 aliphatic carbocycles. The lowest BCUT2D eigenvalue weighted by molar-refractivity contribution is -0.154. The minimum absolute atomic E-state index is 0.0704. The summed E-state index contributed by atoms with van der Waals surface area (Å²) < 4.78 is 11.0. The van der Waals surface area contributed by atoms with E-state index in [0.717, 1.165) is 25.7 Å². The number of methoxy groups -OCH3 is 1. The van der Waals surface area contributed by atoms with E-state index in [2.05, 4.69) is 31.2 Å². The number of esters is 1. The highest BCUT2D eigenvalue weighted by molar-refractivity contribution is 5.74. The molecule has 2 aliphatic heterocycles. The van der Waals surface area contributed by atoms with E-state index in [4.69, 9.17) is 9.47 Å².